The van der Waals surface area contributed by atoms with Crippen molar-refractivity contribution in [3.05, 3.63) is 100 Å². The molecule has 8 heteroatoms. The van der Waals surface area contributed by atoms with Crippen LogP contribution >= 0.6 is 11.6 Å². The van der Waals surface area contributed by atoms with Crippen molar-refractivity contribution in [1.29, 1.82) is 0 Å². The Morgan fingerprint density at radius 1 is 1.11 bits per heavy atom. The Morgan fingerprint density at radius 2 is 1.91 bits per heavy atom. The summed E-state index contributed by atoms with van der Waals surface area (Å²) in [6.45, 7) is 4.24. The zero-order valence-electron chi connectivity index (χ0n) is 19.4. The first-order valence-electron chi connectivity index (χ1n) is 11.3. The molecule has 5 rings (SSSR count). The lowest BCUT2D eigenvalue weighted by atomic mass is 10.1. The molecular weight excluding hydrogens is 467 g/mol. The van der Waals surface area contributed by atoms with Gasteiger partial charge in [0.25, 0.3) is 5.91 Å². The molecule has 1 unspecified atom stereocenters. The number of ether oxygens (including phenoxy) is 1. The first-order chi connectivity index (χ1) is 16.9. The average molecular weight is 491 g/mol. The third kappa shape index (κ3) is 4.83. The van der Waals surface area contributed by atoms with E-state index in [-0.39, 0.29) is 18.3 Å². The number of hydrogen-bond acceptors (Lipinski definition) is 4. The van der Waals surface area contributed by atoms with Crippen LogP contribution in [0.1, 0.15) is 28.5 Å². The fraction of sp³-hybridized carbons (Fsp3) is 0.222. The Bertz CT molecular complexity index is 1370. The molecule has 0 aliphatic carbocycles. The van der Waals surface area contributed by atoms with E-state index in [0.717, 1.165) is 5.56 Å². The van der Waals surface area contributed by atoms with E-state index in [0.29, 0.717) is 46.2 Å². The van der Waals surface area contributed by atoms with Crippen molar-refractivity contribution in [2.24, 2.45) is 0 Å². The van der Waals surface area contributed by atoms with Gasteiger partial charge >= 0.3 is 0 Å². The van der Waals surface area contributed by atoms with Gasteiger partial charge in [-0.15, -0.1) is 0 Å². The molecule has 2 aromatic heterocycles. The molecular formula is C27H24ClFN4O2. The van der Waals surface area contributed by atoms with E-state index in [2.05, 4.69) is 29.2 Å². The lowest BCUT2D eigenvalue weighted by molar-refractivity contribution is -0.128. The number of carbonyl (C=O) groups excluding carboxylic acids is 1. The SMILES string of the molecule is Cc1ccc(CCN2C(=O)COC2c2cn(-c3ccc(F)c(C)c3)nc2-c2ccc(Cl)cn2)cc1. The van der Waals surface area contributed by atoms with Crippen LogP contribution in [-0.2, 0) is 16.0 Å². The van der Waals surface area contributed by atoms with Gasteiger partial charge in [0.05, 0.1) is 16.4 Å². The Balaban J connectivity index is 1.52. The highest BCUT2D eigenvalue weighted by atomic mass is 35.5. The number of amides is 1. The molecule has 1 saturated heterocycles. The lowest BCUT2D eigenvalue weighted by Crippen LogP contribution is -2.30. The van der Waals surface area contributed by atoms with Crippen molar-refractivity contribution in [2.45, 2.75) is 26.5 Å². The predicted octanol–water partition coefficient (Wildman–Crippen LogP) is 5.44. The van der Waals surface area contributed by atoms with Crippen LogP contribution < -0.4 is 0 Å². The maximum atomic E-state index is 13.9. The molecule has 1 amide bonds. The van der Waals surface area contributed by atoms with E-state index in [9.17, 15) is 9.18 Å². The number of pyridine rings is 1. The predicted molar refractivity (Wildman–Crippen MR) is 132 cm³/mol. The Labute approximate surface area is 207 Å². The molecule has 35 heavy (non-hydrogen) atoms. The standard InChI is InChI=1S/C27H24ClFN4O2/c1-17-3-5-19(6-4-17)11-12-32-25(34)16-35-27(32)22-15-33(21-8-9-23(29)18(2)13-21)31-26(22)24-10-7-20(28)14-30-24/h3-10,13-15,27H,11-12,16H2,1-2H3. The Hall–Kier alpha value is -3.55. The maximum absolute atomic E-state index is 13.9. The summed E-state index contributed by atoms with van der Waals surface area (Å²) < 4.78 is 21.5. The molecule has 1 aliphatic rings. The first-order valence-corrected chi connectivity index (χ1v) is 11.7. The summed E-state index contributed by atoms with van der Waals surface area (Å²) >= 11 is 6.05. The minimum atomic E-state index is -0.615. The van der Waals surface area contributed by atoms with Crippen LogP contribution in [0, 0.1) is 19.7 Å². The van der Waals surface area contributed by atoms with Crippen molar-refractivity contribution < 1.29 is 13.9 Å². The van der Waals surface area contributed by atoms with Gasteiger partial charge in [-0.3, -0.25) is 9.78 Å². The number of aromatic nitrogens is 3. The Morgan fingerprint density at radius 3 is 2.63 bits per heavy atom. The van der Waals surface area contributed by atoms with Crippen LogP contribution in [0.5, 0.6) is 0 Å². The molecule has 0 saturated carbocycles. The monoisotopic (exact) mass is 490 g/mol. The maximum Gasteiger partial charge on any atom is 0.250 e. The third-order valence-electron chi connectivity index (χ3n) is 6.11. The van der Waals surface area contributed by atoms with Crippen molar-refractivity contribution in [1.82, 2.24) is 19.7 Å². The third-order valence-corrected chi connectivity index (χ3v) is 6.34. The molecule has 6 nitrogen and oxygen atoms in total. The molecule has 4 aromatic rings. The second-order valence-corrected chi connectivity index (χ2v) is 9.10. The van der Waals surface area contributed by atoms with Gasteiger partial charge in [0, 0.05) is 24.5 Å². The number of carbonyl (C=O) groups is 1. The van der Waals surface area contributed by atoms with Gasteiger partial charge in [0.2, 0.25) is 0 Å². The van der Waals surface area contributed by atoms with Gasteiger partial charge in [-0.25, -0.2) is 9.07 Å². The molecule has 178 valence electrons. The van der Waals surface area contributed by atoms with Gasteiger partial charge in [-0.1, -0.05) is 41.4 Å². The van der Waals surface area contributed by atoms with Gasteiger partial charge in [0.15, 0.2) is 6.23 Å². The number of hydrogen-bond donors (Lipinski definition) is 0. The number of rotatable bonds is 6. The summed E-state index contributed by atoms with van der Waals surface area (Å²) in [4.78, 5) is 19.0. The van der Waals surface area contributed by atoms with Crippen LogP contribution in [0.2, 0.25) is 5.02 Å². The number of nitrogens with zero attached hydrogens (tertiary/aromatic N) is 4. The smallest absolute Gasteiger partial charge is 0.250 e. The molecule has 0 bridgehead atoms. The van der Waals surface area contributed by atoms with E-state index in [1.807, 2.05) is 13.1 Å². The highest BCUT2D eigenvalue weighted by Gasteiger charge is 2.36. The second kappa shape index (κ2) is 9.60. The molecule has 0 spiro atoms. The molecule has 0 N–H and O–H groups in total. The summed E-state index contributed by atoms with van der Waals surface area (Å²) in [5.41, 5.74) is 5.42. The zero-order chi connectivity index (χ0) is 24.5. The minimum absolute atomic E-state index is 0.00706. The lowest BCUT2D eigenvalue weighted by Gasteiger charge is -2.23. The van der Waals surface area contributed by atoms with Crippen LogP contribution in [0.15, 0.2) is 67.0 Å². The molecule has 2 aromatic carbocycles. The first kappa shape index (κ1) is 23.2. The minimum Gasteiger partial charge on any atom is -0.344 e. The van der Waals surface area contributed by atoms with Gasteiger partial charge in [0.1, 0.15) is 18.1 Å². The van der Waals surface area contributed by atoms with Gasteiger partial charge < -0.3 is 9.64 Å². The quantitative estimate of drug-likeness (QED) is 0.361. The van der Waals surface area contributed by atoms with Crippen LogP contribution in [0.4, 0.5) is 4.39 Å². The fourth-order valence-electron chi connectivity index (χ4n) is 4.14. The normalized spacial score (nSPS) is 15.7. The van der Waals surface area contributed by atoms with Crippen molar-refractivity contribution in [3.63, 3.8) is 0 Å². The summed E-state index contributed by atoms with van der Waals surface area (Å²) in [5, 5.41) is 5.26. The molecule has 1 atom stereocenters. The second-order valence-electron chi connectivity index (χ2n) is 8.66. The van der Waals surface area contributed by atoms with Gasteiger partial charge in [-0.05, 0) is 61.7 Å². The largest absolute Gasteiger partial charge is 0.344 e. The van der Waals surface area contributed by atoms with E-state index in [1.165, 1.54) is 11.6 Å². The van der Waals surface area contributed by atoms with Crippen LogP contribution in [0.3, 0.4) is 0 Å². The van der Waals surface area contributed by atoms with Gasteiger partial charge in [-0.2, -0.15) is 5.10 Å². The van der Waals surface area contributed by atoms with Crippen molar-refractivity contribution >= 4 is 17.5 Å². The number of halogens is 2. The summed E-state index contributed by atoms with van der Waals surface area (Å²) in [6, 6.07) is 16.6. The molecule has 1 fully saturated rings. The summed E-state index contributed by atoms with van der Waals surface area (Å²) in [5.74, 6) is -0.366. The zero-order valence-corrected chi connectivity index (χ0v) is 20.2. The Kier molecular flexibility index (Phi) is 6.36. The summed E-state index contributed by atoms with van der Waals surface area (Å²) in [6.07, 6.45) is 3.46. The molecule has 3 heterocycles. The fourth-order valence-corrected chi connectivity index (χ4v) is 4.26. The van der Waals surface area contributed by atoms with Crippen molar-refractivity contribution in [2.75, 3.05) is 13.2 Å². The topological polar surface area (TPSA) is 60.2 Å². The molecule has 0 radical (unpaired) electrons. The van der Waals surface area contributed by atoms with Crippen LogP contribution in [-0.4, -0.2) is 38.7 Å². The van der Waals surface area contributed by atoms with E-state index < -0.39 is 6.23 Å². The molecule has 1 aliphatic heterocycles. The highest BCUT2D eigenvalue weighted by Crippen LogP contribution is 2.35. The van der Waals surface area contributed by atoms with E-state index in [1.54, 1.807) is 47.0 Å². The average Bonchev–Trinajstić information content (AvgIpc) is 3.44. The highest BCUT2D eigenvalue weighted by molar-refractivity contribution is 6.30. The van der Waals surface area contributed by atoms with E-state index in [4.69, 9.17) is 21.4 Å². The van der Waals surface area contributed by atoms with Crippen molar-refractivity contribution in [3.8, 4) is 17.1 Å². The summed E-state index contributed by atoms with van der Waals surface area (Å²) in [7, 11) is 0. The van der Waals surface area contributed by atoms with Crippen LogP contribution in [0.25, 0.3) is 17.1 Å². The number of benzene rings is 2. The number of aryl methyl sites for hydroxylation is 2. The van der Waals surface area contributed by atoms with E-state index >= 15 is 0 Å².